The number of nitrogens with two attached hydrogens (primary N) is 1. The van der Waals surface area contributed by atoms with Crippen LogP contribution in [0.5, 0.6) is 5.75 Å². The fourth-order valence-electron chi connectivity index (χ4n) is 2.53. The molecule has 18 heavy (non-hydrogen) atoms. The van der Waals surface area contributed by atoms with Crippen LogP contribution in [0, 0.1) is 0 Å². The first-order valence-corrected chi connectivity index (χ1v) is 7.21. The van der Waals surface area contributed by atoms with Crippen molar-refractivity contribution in [2.24, 2.45) is 5.73 Å². The van der Waals surface area contributed by atoms with Gasteiger partial charge in [0.05, 0.1) is 11.6 Å². The summed E-state index contributed by atoms with van der Waals surface area (Å²) < 4.78 is 6.27. The highest BCUT2D eigenvalue weighted by Crippen LogP contribution is 2.27. The Kier molecular flexibility index (Phi) is 4.65. The van der Waals surface area contributed by atoms with Gasteiger partial charge in [0.15, 0.2) is 0 Å². The first kappa shape index (κ1) is 13.8. The lowest BCUT2D eigenvalue weighted by Crippen LogP contribution is -2.44. The number of benzene rings is 1. The minimum Gasteiger partial charge on any atom is -0.496 e. The smallest absolute Gasteiger partial charge is 0.133 e. The Hall–Kier alpha value is -0.580. The fraction of sp³-hybridized carbons (Fsp3) is 0.571. The molecule has 2 rings (SSSR count). The fourth-order valence-corrected chi connectivity index (χ4v) is 3.12. The van der Waals surface area contributed by atoms with Gasteiger partial charge >= 0.3 is 0 Å². The summed E-state index contributed by atoms with van der Waals surface area (Å²) in [5, 5.41) is 0. The maximum absolute atomic E-state index is 5.99. The van der Waals surface area contributed by atoms with Crippen LogP contribution in [0.1, 0.15) is 25.3 Å². The second kappa shape index (κ2) is 6.04. The predicted molar refractivity (Wildman–Crippen MR) is 77.8 cm³/mol. The van der Waals surface area contributed by atoms with Crippen LogP contribution >= 0.6 is 15.9 Å². The second-order valence-electron chi connectivity index (χ2n) is 5.07. The summed E-state index contributed by atoms with van der Waals surface area (Å²) in [6, 6.07) is 7.22. The standard InChI is InChI=1S/C14H21BrN2O/c1-10-7-12(16)5-6-17(10)9-11-3-4-14(18-2)13(15)8-11/h3-4,8,10,12H,5-7,9,16H2,1-2H3. The Morgan fingerprint density at radius 3 is 2.89 bits per heavy atom. The molecule has 0 radical (unpaired) electrons. The molecular formula is C14H21BrN2O. The average molecular weight is 313 g/mol. The van der Waals surface area contributed by atoms with Crippen molar-refractivity contribution in [2.75, 3.05) is 13.7 Å². The van der Waals surface area contributed by atoms with E-state index in [0.717, 1.165) is 36.2 Å². The van der Waals surface area contributed by atoms with Crippen LogP contribution in [0.2, 0.25) is 0 Å². The number of piperidine rings is 1. The van der Waals surface area contributed by atoms with E-state index >= 15 is 0 Å². The molecule has 1 fully saturated rings. The highest BCUT2D eigenvalue weighted by molar-refractivity contribution is 9.10. The molecule has 0 aliphatic carbocycles. The van der Waals surface area contributed by atoms with E-state index in [9.17, 15) is 0 Å². The van der Waals surface area contributed by atoms with Gasteiger partial charge in [-0.15, -0.1) is 0 Å². The van der Waals surface area contributed by atoms with Crippen LogP contribution in [0.3, 0.4) is 0 Å². The van der Waals surface area contributed by atoms with E-state index < -0.39 is 0 Å². The van der Waals surface area contributed by atoms with Gasteiger partial charge in [-0.05, 0) is 53.4 Å². The third-order valence-electron chi connectivity index (χ3n) is 3.66. The van der Waals surface area contributed by atoms with E-state index in [1.54, 1.807) is 7.11 Å². The summed E-state index contributed by atoms with van der Waals surface area (Å²) in [6.45, 7) is 4.33. The summed E-state index contributed by atoms with van der Waals surface area (Å²) in [7, 11) is 1.69. The quantitative estimate of drug-likeness (QED) is 0.932. The van der Waals surface area contributed by atoms with E-state index in [4.69, 9.17) is 10.5 Å². The van der Waals surface area contributed by atoms with Crippen molar-refractivity contribution in [3.05, 3.63) is 28.2 Å². The number of methoxy groups -OCH3 is 1. The van der Waals surface area contributed by atoms with E-state index in [2.05, 4.69) is 39.9 Å². The third-order valence-corrected chi connectivity index (χ3v) is 4.28. The number of ether oxygens (including phenoxy) is 1. The number of halogens is 1. The minimum absolute atomic E-state index is 0.374. The van der Waals surface area contributed by atoms with Gasteiger partial charge in [0.1, 0.15) is 5.75 Å². The Labute approximate surface area is 117 Å². The average Bonchev–Trinajstić information content (AvgIpc) is 2.33. The van der Waals surface area contributed by atoms with Gasteiger partial charge in [0.25, 0.3) is 0 Å². The highest BCUT2D eigenvalue weighted by atomic mass is 79.9. The van der Waals surface area contributed by atoms with Crippen LogP contribution in [0.4, 0.5) is 0 Å². The monoisotopic (exact) mass is 312 g/mol. The van der Waals surface area contributed by atoms with Crippen LogP contribution in [0.25, 0.3) is 0 Å². The van der Waals surface area contributed by atoms with Crippen molar-refractivity contribution < 1.29 is 4.74 Å². The molecule has 3 nitrogen and oxygen atoms in total. The van der Waals surface area contributed by atoms with Crippen molar-refractivity contribution in [1.82, 2.24) is 4.90 Å². The van der Waals surface area contributed by atoms with Crippen LogP contribution in [-0.2, 0) is 6.54 Å². The zero-order chi connectivity index (χ0) is 13.1. The molecule has 100 valence electrons. The number of rotatable bonds is 3. The molecule has 0 spiro atoms. The van der Waals surface area contributed by atoms with Crippen LogP contribution in [0.15, 0.2) is 22.7 Å². The number of nitrogens with zero attached hydrogens (tertiary/aromatic N) is 1. The molecule has 1 aliphatic heterocycles. The van der Waals surface area contributed by atoms with Gasteiger partial charge in [0, 0.05) is 25.2 Å². The molecule has 0 aromatic heterocycles. The minimum atomic E-state index is 0.374. The second-order valence-corrected chi connectivity index (χ2v) is 5.93. The Balaban J connectivity index is 2.03. The van der Waals surface area contributed by atoms with Gasteiger partial charge in [-0.25, -0.2) is 0 Å². The molecule has 1 aliphatic rings. The maximum atomic E-state index is 5.99. The summed E-state index contributed by atoms with van der Waals surface area (Å²) >= 11 is 3.53. The molecule has 1 aromatic rings. The zero-order valence-electron chi connectivity index (χ0n) is 11.0. The first-order valence-electron chi connectivity index (χ1n) is 6.42. The number of hydrogen-bond acceptors (Lipinski definition) is 3. The molecule has 1 saturated heterocycles. The topological polar surface area (TPSA) is 38.5 Å². The lowest BCUT2D eigenvalue weighted by molar-refractivity contribution is 0.140. The van der Waals surface area contributed by atoms with E-state index in [1.165, 1.54) is 5.56 Å². The van der Waals surface area contributed by atoms with Gasteiger partial charge in [0.2, 0.25) is 0 Å². The highest BCUT2D eigenvalue weighted by Gasteiger charge is 2.23. The number of likely N-dealkylation sites (tertiary alicyclic amines) is 1. The molecule has 1 aromatic carbocycles. The molecule has 2 atom stereocenters. The van der Waals surface area contributed by atoms with Crippen LogP contribution in [-0.4, -0.2) is 30.6 Å². The molecule has 0 bridgehead atoms. The molecule has 0 saturated carbocycles. The summed E-state index contributed by atoms with van der Waals surface area (Å²) in [6.07, 6.45) is 2.19. The van der Waals surface area contributed by atoms with Gasteiger partial charge in [-0.2, -0.15) is 0 Å². The Morgan fingerprint density at radius 2 is 2.28 bits per heavy atom. The summed E-state index contributed by atoms with van der Waals surface area (Å²) in [5.74, 6) is 0.882. The Morgan fingerprint density at radius 1 is 1.50 bits per heavy atom. The number of hydrogen-bond donors (Lipinski definition) is 1. The van der Waals surface area contributed by atoms with Gasteiger partial charge in [-0.1, -0.05) is 6.07 Å². The largest absolute Gasteiger partial charge is 0.496 e. The molecular weight excluding hydrogens is 292 g/mol. The molecule has 1 heterocycles. The first-order chi connectivity index (χ1) is 8.60. The van der Waals surface area contributed by atoms with Gasteiger partial charge < -0.3 is 10.5 Å². The molecule has 4 heteroatoms. The van der Waals surface area contributed by atoms with E-state index in [-0.39, 0.29) is 0 Å². The SMILES string of the molecule is COc1ccc(CN2CCC(N)CC2C)cc1Br. The zero-order valence-corrected chi connectivity index (χ0v) is 12.6. The normalized spacial score (nSPS) is 25.1. The van der Waals surface area contributed by atoms with Crippen molar-refractivity contribution in [2.45, 2.75) is 38.4 Å². The lowest BCUT2D eigenvalue weighted by Gasteiger charge is -2.36. The van der Waals surface area contributed by atoms with Crippen molar-refractivity contribution >= 4 is 15.9 Å². The summed E-state index contributed by atoms with van der Waals surface area (Å²) in [5.41, 5.74) is 7.30. The lowest BCUT2D eigenvalue weighted by atomic mass is 9.98. The van der Waals surface area contributed by atoms with Crippen molar-refractivity contribution in [3.63, 3.8) is 0 Å². The van der Waals surface area contributed by atoms with Crippen LogP contribution < -0.4 is 10.5 Å². The molecule has 2 unspecified atom stereocenters. The van der Waals surface area contributed by atoms with Crippen molar-refractivity contribution in [1.29, 1.82) is 0 Å². The van der Waals surface area contributed by atoms with E-state index in [1.807, 2.05) is 6.07 Å². The predicted octanol–water partition coefficient (Wildman–Crippen LogP) is 2.77. The summed E-state index contributed by atoms with van der Waals surface area (Å²) in [4.78, 5) is 2.50. The third kappa shape index (κ3) is 3.25. The van der Waals surface area contributed by atoms with Crippen molar-refractivity contribution in [3.8, 4) is 5.75 Å². The molecule has 2 N–H and O–H groups in total. The maximum Gasteiger partial charge on any atom is 0.133 e. The van der Waals surface area contributed by atoms with E-state index in [0.29, 0.717) is 12.1 Å². The molecule has 0 amide bonds. The van der Waals surface area contributed by atoms with Gasteiger partial charge in [-0.3, -0.25) is 4.90 Å². The Bertz CT molecular complexity index is 411.